The van der Waals surface area contributed by atoms with Crippen molar-refractivity contribution in [2.75, 3.05) is 7.05 Å². The largest absolute Gasteiger partial charge is 0.313 e. The Balaban J connectivity index is 2.31. The van der Waals surface area contributed by atoms with Gasteiger partial charge in [-0.05, 0) is 68.6 Å². The van der Waals surface area contributed by atoms with Gasteiger partial charge in [-0.3, -0.25) is 0 Å². The highest BCUT2D eigenvalue weighted by Gasteiger charge is 2.14. The van der Waals surface area contributed by atoms with Crippen LogP contribution in [0.2, 0.25) is 0 Å². The molecule has 0 aliphatic heterocycles. The number of hydrogen-bond acceptors (Lipinski definition) is 1. The molecule has 1 nitrogen and oxygen atoms in total. The van der Waals surface area contributed by atoms with E-state index in [1.165, 1.54) is 27.8 Å². The maximum absolute atomic E-state index is 3.53. The maximum Gasteiger partial charge on any atom is 0.0361 e. The van der Waals surface area contributed by atoms with Gasteiger partial charge in [0.1, 0.15) is 0 Å². The van der Waals surface area contributed by atoms with Crippen molar-refractivity contribution in [1.82, 2.24) is 5.32 Å². The predicted octanol–water partition coefficient (Wildman–Crippen LogP) is 4.88. The van der Waals surface area contributed by atoms with E-state index < -0.39 is 0 Å². The Morgan fingerprint density at radius 3 is 2.40 bits per heavy atom. The second-order valence-corrected chi connectivity index (χ2v) is 6.39. The van der Waals surface area contributed by atoms with E-state index in [9.17, 15) is 0 Å². The van der Waals surface area contributed by atoms with Crippen molar-refractivity contribution >= 4 is 15.9 Å². The molecule has 1 unspecified atom stereocenters. The Morgan fingerprint density at radius 2 is 1.75 bits per heavy atom. The fraction of sp³-hybridized carbons (Fsp3) is 0.333. The van der Waals surface area contributed by atoms with Crippen LogP contribution in [0.25, 0.3) is 0 Å². The molecule has 0 spiro atoms. The first-order chi connectivity index (χ1) is 9.51. The summed E-state index contributed by atoms with van der Waals surface area (Å²) in [5, 5.41) is 3.46. The normalized spacial score (nSPS) is 12.4. The fourth-order valence-corrected chi connectivity index (χ4v) is 3.11. The average Bonchev–Trinajstić information content (AvgIpc) is 2.40. The average molecular weight is 332 g/mol. The molecule has 0 aliphatic rings. The summed E-state index contributed by atoms with van der Waals surface area (Å²) >= 11 is 3.53. The zero-order valence-corrected chi connectivity index (χ0v) is 14.2. The van der Waals surface area contributed by atoms with E-state index in [0.29, 0.717) is 6.04 Å². The summed E-state index contributed by atoms with van der Waals surface area (Å²) in [5.74, 6) is 0. The smallest absolute Gasteiger partial charge is 0.0361 e. The zero-order valence-electron chi connectivity index (χ0n) is 12.6. The summed E-state index contributed by atoms with van der Waals surface area (Å²) in [7, 11) is 2.04. The molecular formula is C18H22BrN. The van der Waals surface area contributed by atoms with Crippen LogP contribution in [0, 0.1) is 20.8 Å². The number of likely N-dealkylation sites (N-methyl/N-ethyl adjacent to an activating group) is 1. The monoisotopic (exact) mass is 331 g/mol. The van der Waals surface area contributed by atoms with Crippen LogP contribution in [0.4, 0.5) is 0 Å². The summed E-state index contributed by atoms with van der Waals surface area (Å²) in [6.45, 7) is 6.52. The minimum absolute atomic E-state index is 0.351. The van der Waals surface area contributed by atoms with Gasteiger partial charge in [0.05, 0.1) is 0 Å². The van der Waals surface area contributed by atoms with Crippen LogP contribution in [0.5, 0.6) is 0 Å². The van der Waals surface area contributed by atoms with Gasteiger partial charge in [0.2, 0.25) is 0 Å². The first-order valence-corrected chi connectivity index (χ1v) is 7.80. The van der Waals surface area contributed by atoms with E-state index in [-0.39, 0.29) is 0 Å². The van der Waals surface area contributed by atoms with Crippen LogP contribution < -0.4 is 5.32 Å². The molecule has 0 saturated heterocycles. The third-order valence-electron chi connectivity index (χ3n) is 3.88. The second kappa shape index (κ2) is 6.55. The van der Waals surface area contributed by atoms with Gasteiger partial charge in [-0.25, -0.2) is 0 Å². The van der Waals surface area contributed by atoms with E-state index in [1.807, 2.05) is 7.05 Å². The third-order valence-corrected chi connectivity index (χ3v) is 4.38. The standard InChI is InChI=1S/C18H22BrN/c1-12-5-6-13(2)15(9-12)11-18(20-4)17-8-7-16(19)10-14(17)3/h5-10,18,20H,11H2,1-4H3. The Kier molecular flexibility index (Phi) is 5.00. The highest BCUT2D eigenvalue weighted by atomic mass is 79.9. The molecular weight excluding hydrogens is 310 g/mol. The Bertz CT molecular complexity index is 604. The number of rotatable bonds is 4. The lowest BCUT2D eigenvalue weighted by Gasteiger charge is -2.20. The van der Waals surface area contributed by atoms with Gasteiger partial charge in [0.25, 0.3) is 0 Å². The van der Waals surface area contributed by atoms with Crippen LogP contribution in [0.3, 0.4) is 0 Å². The molecule has 0 fully saturated rings. The number of hydrogen-bond donors (Lipinski definition) is 1. The molecule has 20 heavy (non-hydrogen) atoms. The summed E-state index contributed by atoms with van der Waals surface area (Å²) in [6, 6.07) is 13.6. The second-order valence-electron chi connectivity index (χ2n) is 5.48. The SMILES string of the molecule is CNC(Cc1cc(C)ccc1C)c1ccc(Br)cc1C. The molecule has 0 bridgehead atoms. The first kappa shape index (κ1) is 15.3. The molecule has 2 rings (SSSR count). The number of benzene rings is 2. The van der Waals surface area contributed by atoms with Gasteiger partial charge in [0.15, 0.2) is 0 Å². The molecule has 0 heterocycles. The molecule has 2 heteroatoms. The van der Waals surface area contributed by atoms with E-state index in [2.05, 4.69) is 78.4 Å². The van der Waals surface area contributed by atoms with E-state index in [1.54, 1.807) is 0 Å². The first-order valence-electron chi connectivity index (χ1n) is 7.00. The summed E-state index contributed by atoms with van der Waals surface area (Å²) in [4.78, 5) is 0. The van der Waals surface area contributed by atoms with Gasteiger partial charge in [-0.1, -0.05) is 45.8 Å². The quantitative estimate of drug-likeness (QED) is 0.842. The Hall–Kier alpha value is -1.12. The molecule has 0 aromatic heterocycles. The minimum Gasteiger partial charge on any atom is -0.313 e. The summed E-state index contributed by atoms with van der Waals surface area (Å²) in [6.07, 6.45) is 1.02. The Morgan fingerprint density at radius 1 is 1.00 bits per heavy atom. The lowest BCUT2D eigenvalue weighted by Crippen LogP contribution is -2.20. The Labute approximate surface area is 130 Å². The molecule has 1 atom stereocenters. The maximum atomic E-state index is 3.53. The summed E-state index contributed by atoms with van der Waals surface area (Å²) in [5.41, 5.74) is 6.81. The van der Waals surface area contributed by atoms with Crippen molar-refractivity contribution in [2.24, 2.45) is 0 Å². The van der Waals surface area contributed by atoms with E-state index in [0.717, 1.165) is 10.9 Å². The highest BCUT2D eigenvalue weighted by molar-refractivity contribution is 9.10. The van der Waals surface area contributed by atoms with Crippen LogP contribution >= 0.6 is 15.9 Å². The van der Waals surface area contributed by atoms with Crippen LogP contribution in [0.1, 0.15) is 33.9 Å². The van der Waals surface area contributed by atoms with Gasteiger partial charge in [-0.2, -0.15) is 0 Å². The van der Waals surface area contributed by atoms with Crippen molar-refractivity contribution < 1.29 is 0 Å². The van der Waals surface area contributed by atoms with Gasteiger partial charge in [-0.15, -0.1) is 0 Å². The number of nitrogens with one attached hydrogen (secondary N) is 1. The lowest BCUT2D eigenvalue weighted by molar-refractivity contribution is 0.587. The van der Waals surface area contributed by atoms with Crippen molar-refractivity contribution in [3.05, 3.63) is 68.7 Å². The van der Waals surface area contributed by atoms with Gasteiger partial charge >= 0.3 is 0 Å². The zero-order chi connectivity index (χ0) is 14.7. The van der Waals surface area contributed by atoms with Crippen molar-refractivity contribution in [1.29, 1.82) is 0 Å². The van der Waals surface area contributed by atoms with Crippen LogP contribution in [-0.4, -0.2) is 7.05 Å². The van der Waals surface area contributed by atoms with Crippen molar-refractivity contribution in [2.45, 2.75) is 33.2 Å². The molecule has 0 radical (unpaired) electrons. The minimum atomic E-state index is 0.351. The van der Waals surface area contributed by atoms with Crippen LogP contribution in [0.15, 0.2) is 40.9 Å². The molecule has 0 aliphatic carbocycles. The number of aryl methyl sites for hydroxylation is 3. The molecule has 0 amide bonds. The van der Waals surface area contributed by atoms with Crippen LogP contribution in [-0.2, 0) is 6.42 Å². The van der Waals surface area contributed by atoms with Crippen molar-refractivity contribution in [3.63, 3.8) is 0 Å². The number of halogens is 1. The molecule has 106 valence electrons. The fourth-order valence-electron chi connectivity index (χ4n) is 2.64. The van der Waals surface area contributed by atoms with Gasteiger partial charge < -0.3 is 5.32 Å². The molecule has 2 aromatic rings. The highest BCUT2D eigenvalue weighted by Crippen LogP contribution is 2.25. The molecule has 1 N–H and O–H groups in total. The third kappa shape index (κ3) is 3.50. The lowest BCUT2D eigenvalue weighted by atomic mass is 9.93. The van der Waals surface area contributed by atoms with E-state index >= 15 is 0 Å². The topological polar surface area (TPSA) is 12.0 Å². The molecule has 2 aromatic carbocycles. The van der Waals surface area contributed by atoms with E-state index in [4.69, 9.17) is 0 Å². The summed E-state index contributed by atoms with van der Waals surface area (Å²) < 4.78 is 1.14. The molecule has 0 saturated carbocycles. The predicted molar refractivity (Wildman–Crippen MR) is 90.3 cm³/mol. The van der Waals surface area contributed by atoms with Gasteiger partial charge in [0, 0.05) is 10.5 Å². The van der Waals surface area contributed by atoms with Crippen molar-refractivity contribution in [3.8, 4) is 0 Å².